The number of likely N-dealkylation sites (tertiary alicyclic amines) is 1. The van der Waals surface area contributed by atoms with Gasteiger partial charge in [0.15, 0.2) is 0 Å². The van der Waals surface area contributed by atoms with Crippen molar-refractivity contribution in [1.29, 1.82) is 0 Å². The molecule has 1 saturated heterocycles. The summed E-state index contributed by atoms with van der Waals surface area (Å²) in [6.45, 7) is 4.63. The number of fused-ring (bicyclic) bond motifs is 2. The highest BCUT2D eigenvalue weighted by molar-refractivity contribution is 5.85. The summed E-state index contributed by atoms with van der Waals surface area (Å²) in [5, 5.41) is 0. The second kappa shape index (κ2) is 6.78. The minimum absolute atomic E-state index is 0. The first-order valence-electron chi connectivity index (χ1n) is 7.25. The molecule has 4 heteroatoms. The lowest BCUT2D eigenvalue weighted by atomic mass is 9.53. The lowest BCUT2D eigenvalue weighted by Crippen LogP contribution is -2.53. The minimum Gasteiger partial charge on any atom is -0.329 e. The van der Waals surface area contributed by atoms with E-state index in [4.69, 9.17) is 5.73 Å². The van der Waals surface area contributed by atoms with Gasteiger partial charge in [0.1, 0.15) is 0 Å². The smallest absolute Gasteiger partial charge is 0.0105 e. The summed E-state index contributed by atoms with van der Waals surface area (Å²) in [7, 11) is 0. The Kier molecular flexibility index (Phi) is 6.24. The van der Waals surface area contributed by atoms with Crippen molar-refractivity contribution >= 4 is 24.8 Å². The third-order valence-electron chi connectivity index (χ3n) is 5.54. The van der Waals surface area contributed by atoms with Crippen molar-refractivity contribution in [2.75, 3.05) is 26.2 Å². The first-order chi connectivity index (χ1) is 7.82. The Balaban J connectivity index is 0.000000810. The van der Waals surface area contributed by atoms with Gasteiger partial charge in [0.2, 0.25) is 0 Å². The van der Waals surface area contributed by atoms with Gasteiger partial charge < -0.3 is 10.6 Å². The summed E-state index contributed by atoms with van der Waals surface area (Å²) in [5.41, 5.74) is 6.43. The van der Waals surface area contributed by atoms with Crippen LogP contribution in [0.1, 0.15) is 44.9 Å². The van der Waals surface area contributed by atoms with E-state index in [1.165, 1.54) is 51.6 Å². The van der Waals surface area contributed by atoms with Gasteiger partial charge in [0, 0.05) is 19.6 Å². The molecule has 1 aliphatic heterocycles. The third kappa shape index (κ3) is 2.98. The molecule has 0 aromatic carbocycles. The molecule has 0 aromatic heterocycles. The highest BCUT2D eigenvalue weighted by atomic mass is 35.5. The largest absolute Gasteiger partial charge is 0.329 e. The van der Waals surface area contributed by atoms with Crippen molar-refractivity contribution < 1.29 is 0 Å². The van der Waals surface area contributed by atoms with Crippen LogP contribution in [0.4, 0.5) is 0 Å². The van der Waals surface area contributed by atoms with Gasteiger partial charge in [0.05, 0.1) is 0 Å². The van der Waals surface area contributed by atoms with Crippen LogP contribution in [0.3, 0.4) is 0 Å². The molecule has 0 amide bonds. The van der Waals surface area contributed by atoms with E-state index < -0.39 is 0 Å². The summed E-state index contributed by atoms with van der Waals surface area (Å²) in [6.07, 6.45) is 10.6. The van der Waals surface area contributed by atoms with E-state index >= 15 is 0 Å². The molecule has 3 aliphatic carbocycles. The fourth-order valence-corrected chi connectivity index (χ4v) is 4.85. The van der Waals surface area contributed by atoms with Crippen LogP contribution in [-0.2, 0) is 0 Å². The van der Waals surface area contributed by atoms with E-state index in [0.717, 1.165) is 24.9 Å². The number of nitrogens with zero attached hydrogens (tertiary/aromatic N) is 1. The predicted molar refractivity (Wildman–Crippen MR) is 81.7 cm³/mol. The lowest BCUT2D eigenvalue weighted by Gasteiger charge is -2.56. The molecule has 2 N–H and O–H groups in total. The van der Waals surface area contributed by atoms with Gasteiger partial charge in [0.25, 0.3) is 0 Å². The van der Waals surface area contributed by atoms with E-state index in [2.05, 4.69) is 4.90 Å². The molecular weight excluding hydrogens is 267 g/mol. The van der Waals surface area contributed by atoms with Crippen LogP contribution < -0.4 is 5.73 Å². The zero-order valence-electron chi connectivity index (χ0n) is 11.3. The fraction of sp³-hybridized carbons (Fsp3) is 1.00. The van der Waals surface area contributed by atoms with Crippen LogP contribution in [0.15, 0.2) is 0 Å². The average molecular weight is 295 g/mol. The molecule has 1 unspecified atom stereocenters. The van der Waals surface area contributed by atoms with Crippen LogP contribution in [-0.4, -0.2) is 31.1 Å². The molecule has 1 atom stereocenters. The normalized spacial score (nSPS) is 39.2. The number of hydrogen-bond acceptors (Lipinski definition) is 2. The van der Waals surface area contributed by atoms with E-state index in [1.54, 1.807) is 6.42 Å². The molecule has 4 fully saturated rings. The maximum atomic E-state index is 5.71. The molecule has 0 aromatic rings. The Morgan fingerprint density at radius 2 is 1.83 bits per heavy atom. The molecular formula is C14H28Cl2N2. The summed E-state index contributed by atoms with van der Waals surface area (Å²) in [5.74, 6) is 2.13. The van der Waals surface area contributed by atoms with Crippen LogP contribution in [0, 0.1) is 17.3 Å². The molecule has 18 heavy (non-hydrogen) atoms. The second-order valence-electron chi connectivity index (χ2n) is 6.45. The zero-order chi connectivity index (χ0) is 11.0. The third-order valence-corrected chi connectivity index (χ3v) is 5.54. The summed E-state index contributed by atoms with van der Waals surface area (Å²) < 4.78 is 0. The Bertz CT molecular complexity index is 252. The van der Waals surface area contributed by atoms with Crippen LogP contribution in [0.25, 0.3) is 0 Å². The molecule has 3 saturated carbocycles. The van der Waals surface area contributed by atoms with Crippen molar-refractivity contribution in [3.05, 3.63) is 0 Å². The average Bonchev–Trinajstić information content (AvgIpc) is 2.31. The van der Waals surface area contributed by atoms with Gasteiger partial charge in [-0.05, 0) is 55.9 Å². The highest BCUT2D eigenvalue weighted by Crippen LogP contribution is 2.56. The molecule has 2 bridgehead atoms. The van der Waals surface area contributed by atoms with Crippen molar-refractivity contribution in [3.63, 3.8) is 0 Å². The number of halogens is 2. The Morgan fingerprint density at radius 3 is 2.39 bits per heavy atom. The topological polar surface area (TPSA) is 29.3 Å². The van der Waals surface area contributed by atoms with Crippen molar-refractivity contribution in [3.8, 4) is 0 Å². The standard InChI is InChI=1S/C14H26N2.2ClH/c15-7-9-16-8-1-6-14(11-16)10-12-2-4-13(14)5-3-12;;/h12-13H,1-11,15H2;2*1H. The Hall–Kier alpha value is 0.500. The van der Waals surface area contributed by atoms with Crippen molar-refractivity contribution in [2.45, 2.75) is 44.9 Å². The first kappa shape index (κ1) is 16.6. The summed E-state index contributed by atoms with van der Waals surface area (Å²) >= 11 is 0. The zero-order valence-corrected chi connectivity index (χ0v) is 12.9. The van der Waals surface area contributed by atoms with Crippen molar-refractivity contribution in [2.24, 2.45) is 23.0 Å². The van der Waals surface area contributed by atoms with Crippen LogP contribution in [0.5, 0.6) is 0 Å². The molecule has 1 heterocycles. The first-order valence-corrected chi connectivity index (χ1v) is 7.25. The summed E-state index contributed by atoms with van der Waals surface area (Å²) in [6, 6.07) is 0. The quantitative estimate of drug-likeness (QED) is 0.848. The van der Waals surface area contributed by atoms with E-state index in [0.29, 0.717) is 5.41 Å². The monoisotopic (exact) mass is 294 g/mol. The van der Waals surface area contributed by atoms with E-state index in [9.17, 15) is 0 Å². The maximum absolute atomic E-state index is 5.71. The number of hydrogen-bond donors (Lipinski definition) is 1. The van der Waals surface area contributed by atoms with Gasteiger partial charge >= 0.3 is 0 Å². The maximum Gasteiger partial charge on any atom is 0.0105 e. The predicted octanol–water partition coefficient (Wildman–Crippen LogP) is 3.08. The van der Waals surface area contributed by atoms with Gasteiger partial charge in [-0.15, -0.1) is 24.8 Å². The molecule has 4 aliphatic rings. The lowest BCUT2D eigenvalue weighted by molar-refractivity contribution is -0.0530. The Morgan fingerprint density at radius 1 is 1.11 bits per heavy atom. The molecule has 108 valence electrons. The van der Waals surface area contributed by atoms with Crippen LogP contribution >= 0.6 is 24.8 Å². The van der Waals surface area contributed by atoms with Gasteiger partial charge in [-0.1, -0.05) is 12.8 Å². The van der Waals surface area contributed by atoms with E-state index in [-0.39, 0.29) is 24.8 Å². The van der Waals surface area contributed by atoms with Crippen molar-refractivity contribution in [1.82, 2.24) is 4.90 Å². The Labute approximate surface area is 124 Å². The van der Waals surface area contributed by atoms with Gasteiger partial charge in [-0.25, -0.2) is 0 Å². The SMILES string of the molecule is Cl.Cl.NCCN1CCCC2(CC3CCC2CC3)C1. The van der Waals surface area contributed by atoms with Gasteiger partial charge in [-0.2, -0.15) is 0 Å². The molecule has 4 rings (SSSR count). The second-order valence-corrected chi connectivity index (χ2v) is 6.45. The fourth-order valence-electron chi connectivity index (χ4n) is 4.85. The molecule has 1 spiro atoms. The number of rotatable bonds is 2. The van der Waals surface area contributed by atoms with Gasteiger partial charge in [-0.3, -0.25) is 0 Å². The molecule has 2 nitrogen and oxygen atoms in total. The summed E-state index contributed by atoms with van der Waals surface area (Å²) in [4.78, 5) is 2.64. The highest BCUT2D eigenvalue weighted by Gasteiger charge is 2.48. The van der Waals surface area contributed by atoms with E-state index in [1.807, 2.05) is 0 Å². The number of piperidine rings is 1. The molecule has 0 radical (unpaired) electrons. The van der Waals surface area contributed by atoms with Crippen LogP contribution in [0.2, 0.25) is 0 Å². The number of nitrogens with two attached hydrogens (primary N) is 1. The minimum atomic E-state index is 0.